The lowest BCUT2D eigenvalue weighted by molar-refractivity contribution is -0.136. The van der Waals surface area contributed by atoms with Crippen molar-refractivity contribution in [1.82, 2.24) is 20.1 Å². The van der Waals surface area contributed by atoms with Crippen LogP contribution < -0.4 is 10.2 Å². The molecule has 1 saturated carbocycles. The van der Waals surface area contributed by atoms with Gasteiger partial charge in [0.1, 0.15) is 11.6 Å². The maximum atomic E-state index is 13.7. The van der Waals surface area contributed by atoms with Crippen molar-refractivity contribution in [1.29, 1.82) is 0 Å². The number of aromatic nitrogens is 1. The van der Waals surface area contributed by atoms with E-state index < -0.39 is 23.1 Å². The fraction of sp³-hybridized carbons (Fsp3) is 0.714. The Bertz CT molecular complexity index is 962. The van der Waals surface area contributed by atoms with Gasteiger partial charge in [-0.2, -0.15) is 11.8 Å². The zero-order valence-corrected chi connectivity index (χ0v) is 25.1. The van der Waals surface area contributed by atoms with Crippen molar-refractivity contribution in [3.63, 3.8) is 0 Å². The first-order valence-electron chi connectivity index (χ1n) is 14.1. The molecule has 3 fully saturated rings. The SMILES string of the molecule is CC(C)(C)OC(=O)N1CCSC1C(=O)N[C@@H](CSCC1CCCCC1)C(=O)N1CCN(c2ccncc2)CC1. The van der Waals surface area contributed by atoms with E-state index >= 15 is 0 Å². The summed E-state index contributed by atoms with van der Waals surface area (Å²) < 4.78 is 5.53. The minimum absolute atomic E-state index is 0.0410. The van der Waals surface area contributed by atoms with Crippen molar-refractivity contribution < 1.29 is 19.1 Å². The fourth-order valence-electron chi connectivity index (χ4n) is 5.28. The van der Waals surface area contributed by atoms with Crippen molar-refractivity contribution in [2.45, 2.75) is 69.9 Å². The summed E-state index contributed by atoms with van der Waals surface area (Å²) in [5.74, 6) is 2.56. The van der Waals surface area contributed by atoms with Crippen molar-refractivity contribution in [2.24, 2.45) is 5.92 Å². The highest BCUT2D eigenvalue weighted by Gasteiger charge is 2.39. The Hall–Kier alpha value is -2.14. The predicted octanol–water partition coefficient (Wildman–Crippen LogP) is 3.84. The van der Waals surface area contributed by atoms with Gasteiger partial charge >= 0.3 is 6.09 Å². The van der Waals surface area contributed by atoms with Crippen molar-refractivity contribution >= 4 is 47.1 Å². The molecule has 39 heavy (non-hydrogen) atoms. The van der Waals surface area contributed by atoms with Gasteiger partial charge in [-0.25, -0.2) is 4.79 Å². The van der Waals surface area contributed by atoms with E-state index in [4.69, 9.17) is 4.74 Å². The van der Waals surface area contributed by atoms with E-state index in [-0.39, 0.29) is 11.8 Å². The van der Waals surface area contributed by atoms with Crippen LogP contribution in [0, 0.1) is 5.92 Å². The van der Waals surface area contributed by atoms with E-state index in [0.717, 1.165) is 24.5 Å². The summed E-state index contributed by atoms with van der Waals surface area (Å²) in [4.78, 5) is 49.6. The Kier molecular flexibility index (Phi) is 10.7. The molecule has 3 aliphatic rings. The number of thioether (sulfide) groups is 2. The summed E-state index contributed by atoms with van der Waals surface area (Å²) >= 11 is 3.18. The Morgan fingerprint density at radius 3 is 2.44 bits per heavy atom. The smallest absolute Gasteiger partial charge is 0.411 e. The quantitative estimate of drug-likeness (QED) is 0.498. The third kappa shape index (κ3) is 8.67. The molecule has 1 aromatic heterocycles. The Morgan fingerprint density at radius 2 is 1.77 bits per heavy atom. The minimum Gasteiger partial charge on any atom is -0.444 e. The zero-order chi connectivity index (χ0) is 27.8. The van der Waals surface area contributed by atoms with Gasteiger partial charge in [-0.05, 0) is 57.4 Å². The number of amides is 3. The van der Waals surface area contributed by atoms with Crippen LogP contribution in [0.5, 0.6) is 0 Å². The first kappa shape index (κ1) is 29.8. The van der Waals surface area contributed by atoms with Gasteiger partial charge in [0, 0.05) is 62.3 Å². The van der Waals surface area contributed by atoms with Gasteiger partial charge < -0.3 is 19.9 Å². The average molecular weight is 578 g/mol. The predicted molar refractivity (Wildman–Crippen MR) is 158 cm³/mol. The molecule has 1 aromatic rings. The van der Waals surface area contributed by atoms with E-state index in [9.17, 15) is 14.4 Å². The highest BCUT2D eigenvalue weighted by Crippen LogP contribution is 2.28. The van der Waals surface area contributed by atoms with Gasteiger partial charge in [-0.1, -0.05) is 19.3 Å². The standard InChI is InChI=1S/C28H43N5O4S2/c1-28(2,3)37-27(36)33-17-18-39-26(33)24(34)30-23(20-38-19-21-7-5-4-6-8-21)25(35)32-15-13-31(14-16-32)22-9-11-29-12-10-22/h9-12,21,23,26H,4-8,13-20H2,1-3H3,(H,30,34)/t23-,26?/m0/s1. The summed E-state index contributed by atoms with van der Waals surface area (Å²) in [5.41, 5.74) is 0.461. The summed E-state index contributed by atoms with van der Waals surface area (Å²) in [7, 11) is 0. The Balaban J connectivity index is 1.38. The molecule has 0 spiro atoms. The van der Waals surface area contributed by atoms with E-state index in [2.05, 4.69) is 15.2 Å². The molecule has 0 aromatic carbocycles. The van der Waals surface area contributed by atoms with Gasteiger partial charge in [-0.3, -0.25) is 19.5 Å². The maximum absolute atomic E-state index is 13.7. The number of rotatable bonds is 8. The normalized spacial score (nSPS) is 21.5. The van der Waals surface area contributed by atoms with Crippen LogP contribution in [0.25, 0.3) is 0 Å². The molecule has 1 aliphatic carbocycles. The largest absolute Gasteiger partial charge is 0.444 e. The molecular formula is C28H43N5O4S2. The first-order chi connectivity index (χ1) is 18.7. The topological polar surface area (TPSA) is 95.1 Å². The molecule has 0 bridgehead atoms. The number of nitrogens with zero attached hydrogens (tertiary/aromatic N) is 4. The number of nitrogens with one attached hydrogen (secondary N) is 1. The number of carbonyl (C=O) groups excluding carboxylic acids is 3. The van der Waals surface area contributed by atoms with Crippen LogP contribution in [0.2, 0.25) is 0 Å². The molecule has 2 saturated heterocycles. The lowest BCUT2D eigenvalue weighted by atomic mass is 9.91. The fourth-order valence-corrected chi connectivity index (χ4v) is 7.66. The van der Waals surface area contributed by atoms with E-state index in [1.54, 1.807) is 24.2 Å². The molecule has 216 valence electrons. The van der Waals surface area contributed by atoms with Crippen molar-refractivity contribution in [2.75, 3.05) is 54.9 Å². The number of anilines is 1. The number of ether oxygens (including phenoxy) is 1. The average Bonchev–Trinajstić information content (AvgIpc) is 3.43. The molecule has 4 rings (SSSR count). The number of hydrogen-bond acceptors (Lipinski definition) is 8. The summed E-state index contributed by atoms with van der Waals surface area (Å²) in [5, 5.41) is 2.35. The van der Waals surface area contributed by atoms with Crippen LogP contribution in [-0.2, 0) is 14.3 Å². The third-order valence-corrected chi connectivity index (χ3v) is 9.82. The van der Waals surface area contributed by atoms with Crippen LogP contribution >= 0.6 is 23.5 Å². The molecule has 2 aliphatic heterocycles. The maximum Gasteiger partial charge on any atom is 0.411 e. The molecular weight excluding hydrogens is 534 g/mol. The summed E-state index contributed by atoms with van der Waals surface area (Å²) in [6.07, 6.45) is 9.45. The van der Waals surface area contributed by atoms with Gasteiger partial charge in [0.15, 0.2) is 5.37 Å². The molecule has 3 heterocycles. The molecule has 9 nitrogen and oxygen atoms in total. The number of hydrogen-bond donors (Lipinski definition) is 1. The lowest BCUT2D eigenvalue weighted by Crippen LogP contribution is -2.57. The third-order valence-electron chi connectivity index (χ3n) is 7.34. The van der Waals surface area contributed by atoms with Gasteiger partial charge in [0.25, 0.3) is 5.91 Å². The van der Waals surface area contributed by atoms with Gasteiger partial charge in [0.2, 0.25) is 5.91 Å². The Morgan fingerprint density at radius 1 is 1.08 bits per heavy atom. The molecule has 0 radical (unpaired) electrons. The Labute approximate surface area is 241 Å². The van der Waals surface area contributed by atoms with Crippen LogP contribution in [0.4, 0.5) is 10.5 Å². The number of carbonyl (C=O) groups is 3. The van der Waals surface area contributed by atoms with E-state index in [1.165, 1.54) is 48.8 Å². The zero-order valence-electron chi connectivity index (χ0n) is 23.5. The van der Waals surface area contributed by atoms with Crippen molar-refractivity contribution in [3.8, 4) is 0 Å². The molecule has 1 N–H and O–H groups in total. The van der Waals surface area contributed by atoms with Crippen LogP contribution in [-0.4, -0.2) is 99.7 Å². The first-order valence-corrected chi connectivity index (χ1v) is 16.3. The molecule has 11 heteroatoms. The van der Waals surface area contributed by atoms with Crippen LogP contribution in [0.15, 0.2) is 24.5 Å². The monoisotopic (exact) mass is 577 g/mol. The van der Waals surface area contributed by atoms with Gasteiger partial charge in [0.05, 0.1) is 0 Å². The second-order valence-electron chi connectivity index (χ2n) is 11.5. The summed E-state index contributed by atoms with van der Waals surface area (Å²) in [6, 6.07) is 3.34. The number of pyridine rings is 1. The van der Waals surface area contributed by atoms with E-state index in [0.29, 0.717) is 37.1 Å². The molecule has 2 atom stereocenters. The second kappa shape index (κ2) is 14.0. The minimum atomic E-state index is -0.693. The highest BCUT2D eigenvalue weighted by molar-refractivity contribution is 8.00. The van der Waals surface area contributed by atoms with Crippen LogP contribution in [0.1, 0.15) is 52.9 Å². The molecule has 1 unspecified atom stereocenters. The molecule has 3 amide bonds. The second-order valence-corrected chi connectivity index (χ2v) is 13.8. The number of piperazine rings is 1. The highest BCUT2D eigenvalue weighted by atomic mass is 32.2. The van der Waals surface area contributed by atoms with Crippen LogP contribution in [0.3, 0.4) is 0 Å². The summed E-state index contributed by atoms with van der Waals surface area (Å²) in [6.45, 7) is 8.56. The van der Waals surface area contributed by atoms with Gasteiger partial charge in [-0.15, -0.1) is 11.8 Å². The lowest BCUT2D eigenvalue weighted by Gasteiger charge is -2.38. The van der Waals surface area contributed by atoms with Crippen molar-refractivity contribution in [3.05, 3.63) is 24.5 Å². The van der Waals surface area contributed by atoms with E-state index in [1.807, 2.05) is 37.8 Å².